The highest BCUT2D eigenvalue weighted by atomic mass is 32.1. The minimum Gasteiger partial charge on any atom is -0.368 e. The van der Waals surface area contributed by atoms with Gasteiger partial charge in [0.2, 0.25) is 11.9 Å². The minimum absolute atomic E-state index is 0.362. The Morgan fingerprint density at radius 1 is 1.31 bits per heavy atom. The highest BCUT2D eigenvalue weighted by molar-refractivity contribution is 7.19. The number of primary amides is 1. The van der Waals surface area contributed by atoms with Crippen molar-refractivity contribution in [2.45, 2.75) is 44.7 Å². The molecule has 3 amide bonds. The van der Waals surface area contributed by atoms with Crippen LogP contribution in [-0.4, -0.2) is 82.0 Å². The molecule has 4 rings (SSSR count). The van der Waals surface area contributed by atoms with E-state index >= 15 is 0 Å². The molecule has 0 aromatic carbocycles. The molecule has 2 fully saturated rings. The van der Waals surface area contributed by atoms with Crippen LogP contribution < -0.4 is 16.0 Å². The van der Waals surface area contributed by atoms with Crippen LogP contribution in [0.1, 0.15) is 31.9 Å². The van der Waals surface area contributed by atoms with E-state index in [1.165, 1.54) is 16.2 Å². The third kappa shape index (κ3) is 4.14. The molecule has 2 atom stereocenters. The normalized spacial score (nSPS) is 23.2. The van der Waals surface area contributed by atoms with Crippen molar-refractivity contribution < 1.29 is 9.59 Å². The Morgan fingerprint density at radius 3 is 2.78 bits per heavy atom. The number of aromatic nitrogens is 3. The lowest BCUT2D eigenvalue weighted by Gasteiger charge is -2.31. The van der Waals surface area contributed by atoms with E-state index in [-0.39, 0.29) is 6.03 Å². The largest absolute Gasteiger partial charge is 0.368 e. The van der Waals surface area contributed by atoms with Crippen LogP contribution in [0.2, 0.25) is 0 Å². The number of aryl methyl sites for hydroxylation is 1. The second-order valence-corrected chi connectivity index (χ2v) is 9.85. The second-order valence-electron chi connectivity index (χ2n) is 8.85. The summed E-state index contributed by atoms with van der Waals surface area (Å²) in [4.78, 5) is 45.3. The van der Waals surface area contributed by atoms with Gasteiger partial charge < -0.3 is 20.4 Å². The average molecular weight is 459 g/mol. The number of nitrogens with two attached hydrogens (primary N) is 1. The Bertz CT molecular complexity index is 1020. The predicted octanol–water partition coefficient (Wildman–Crippen LogP) is 1.92. The van der Waals surface area contributed by atoms with Gasteiger partial charge in [-0.15, -0.1) is 0 Å². The second kappa shape index (κ2) is 8.62. The van der Waals surface area contributed by atoms with Gasteiger partial charge in [0, 0.05) is 31.9 Å². The van der Waals surface area contributed by atoms with E-state index in [4.69, 9.17) is 10.7 Å². The summed E-state index contributed by atoms with van der Waals surface area (Å²) in [5.41, 5.74) is 6.14. The third-order valence-electron chi connectivity index (χ3n) is 6.48. The van der Waals surface area contributed by atoms with E-state index in [1.54, 1.807) is 13.1 Å². The monoisotopic (exact) mass is 458 g/mol. The molecule has 0 bridgehead atoms. The first-order chi connectivity index (χ1) is 15.2. The molecule has 2 aromatic heterocycles. The van der Waals surface area contributed by atoms with E-state index in [9.17, 15) is 9.59 Å². The number of likely N-dealkylation sites (tertiary alicyclic amines) is 1. The molecule has 32 heavy (non-hydrogen) atoms. The molecule has 10 nitrogen and oxygen atoms in total. The number of thiazole rings is 1. The third-order valence-corrected chi connectivity index (χ3v) is 7.57. The number of anilines is 2. The zero-order valence-corrected chi connectivity index (χ0v) is 19.8. The summed E-state index contributed by atoms with van der Waals surface area (Å²) in [5.74, 6) is 0.215. The fourth-order valence-electron chi connectivity index (χ4n) is 4.36. The van der Waals surface area contributed by atoms with E-state index in [2.05, 4.69) is 39.2 Å². The van der Waals surface area contributed by atoms with Crippen LogP contribution in [0.4, 0.5) is 15.9 Å². The van der Waals surface area contributed by atoms with Crippen molar-refractivity contribution in [1.82, 2.24) is 24.8 Å². The molecule has 2 aromatic rings. The Hall–Kier alpha value is -2.79. The number of hydrogen-bond donors (Lipinski definition) is 2. The molecule has 172 valence electrons. The van der Waals surface area contributed by atoms with Crippen molar-refractivity contribution in [3.8, 4) is 10.6 Å². The molecule has 0 aliphatic carbocycles. The summed E-state index contributed by atoms with van der Waals surface area (Å²) >= 11 is 1.36. The maximum absolute atomic E-state index is 12.8. The van der Waals surface area contributed by atoms with Gasteiger partial charge in [0.1, 0.15) is 5.54 Å². The summed E-state index contributed by atoms with van der Waals surface area (Å²) < 4.78 is 0. The van der Waals surface area contributed by atoms with Crippen molar-refractivity contribution in [3.05, 3.63) is 18.0 Å². The summed E-state index contributed by atoms with van der Waals surface area (Å²) in [6.45, 7) is 5.91. The number of hydrogen-bond acceptors (Lipinski definition) is 8. The van der Waals surface area contributed by atoms with Gasteiger partial charge in [-0.2, -0.15) is 0 Å². The molecular weight excluding hydrogens is 428 g/mol. The number of carbonyl (C=O) groups is 2. The molecule has 0 radical (unpaired) electrons. The van der Waals surface area contributed by atoms with Gasteiger partial charge in [0.15, 0.2) is 5.13 Å². The number of urea groups is 1. The van der Waals surface area contributed by atoms with Gasteiger partial charge in [0.25, 0.3) is 0 Å². The zero-order valence-electron chi connectivity index (χ0n) is 19.0. The van der Waals surface area contributed by atoms with Crippen LogP contribution in [0.3, 0.4) is 0 Å². The van der Waals surface area contributed by atoms with Crippen LogP contribution in [0.15, 0.2) is 12.3 Å². The van der Waals surface area contributed by atoms with Gasteiger partial charge in [-0.05, 0) is 53.3 Å². The number of carbonyl (C=O) groups excluding carboxylic acids is 2. The van der Waals surface area contributed by atoms with Crippen molar-refractivity contribution >= 4 is 34.4 Å². The quantitative estimate of drug-likeness (QED) is 0.702. The van der Waals surface area contributed by atoms with Crippen molar-refractivity contribution in [1.29, 1.82) is 0 Å². The number of amides is 3. The van der Waals surface area contributed by atoms with Gasteiger partial charge in [-0.3, -0.25) is 10.1 Å². The van der Waals surface area contributed by atoms with E-state index < -0.39 is 11.4 Å². The first-order valence-corrected chi connectivity index (χ1v) is 11.6. The van der Waals surface area contributed by atoms with Gasteiger partial charge >= 0.3 is 6.03 Å². The van der Waals surface area contributed by atoms with Gasteiger partial charge in [-0.1, -0.05) is 11.3 Å². The van der Waals surface area contributed by atoms with E-state index in [0.29, 0.717) is 30.1 Å². The van der Waals surface area contributed by atoms with Crippen LogP contribution in [0.25, 0.3) is 10.6 Å². The predicted molar refractivity (Wildman–Crippen MR) is 125 cm³/mol. The van der Waals surface area contributed by atoms with Gasteiger partial charge in [0.05, 0.1) is 16.3 Å². The van der Waals surface area contributed by atoms with E-state index in [1.807, 2.05) is 13.0 Å². The Kier molecular flexibility index (Phi) is 6.04. The topological polar surface area (TPSA) is 121 Å². The number of rotatable bonds is 5. The summed E-state index contributed by atoms with van der Waals surface area (Å²) in [6.07, 6.45) is 4.15. The van der Waals surface area contributed by atoms with Crippen molar-refractivity contribution in [3.63, 3.8) is 0 Å². The highest BCUT2D eigenvalue weighted by Crippen LogP contribution is 2.34. The van der Waals surface area contributed by atoms with E-state index in [0.717, 1.165) is 42.2 Å². The van der Waals surface area contributed by atoms with Crippen LogP contribution in [0, 0.1) is 6.92 Å². The lowest BCUT2D eigenvalue weighted by Crippen LogP contribution is -2.55. The molecule has 4 heterocycles. The van der Waals surface area contributed by atoms with Crippen LogP contribution >= 0.6 is 11.3 Å². The molecule has 1 unspecified atom stereocenters. The molecule has 11 heteroatoms. The lowest BCUT2D eigenvalue weighted by molar-refractivity contribution is -0.126. The van der Waals surface area contributed by atoms with Crippen LogP contribution in [0.5, 0.6) is 0 Å². The summed E-state index contributed by atoms with van der Waals surface area (Å²) in [5, 5.41) is 3.31. The van der Waals surface area contributed by atoms with Crippen molar-refractivity contribution in [2.24, 2.45) is 5.73 Å². The number of nitrogens with one attached hydrogen (secondary N) is 1. The van der Waals surface area contributed by atoms with Crippen LogP contribution in [-0.2, 0) is 4.79 Å². The maximum atomic E-state index is 12.8. The molecule has 0 spiro atoms. The zero-order chi connectivity index (χ0) is 23.0. The molecule has 0 saturated carbocycles. The van der Waals surface area contributed by atoms with Crippen molar-refractivity contribution in [2.75, 3.05) is 43.9 Å². The molecule has 2 saturated heterocycles. The Morgan fingerprint density at radius 2 is 2.09 bits per heavy atom. The summed E-state index contributed by atoms with van der Waals surface area (Å²) in [7, 11) is 4.19. The fraction of sp³-hybridized carbons (Fsp3) is 0.571. The number of nitrogens with zero attached hydrogens (tertiary/aromatic N) is 6. The summed E-state index contributed by atoms with van der Waals surface area (Å²) in [6, 6.07) is 1.99. The molecule has 3 N–H and O–H groups in total. The first kappa shape index (κ1) is 22.4. The average Bonchev–Trinajstić information content (AvgIpc) is 3.47. The number of likely N-dealkylation sites (N-methyl/N-ethyl adjacent to an activating group) is 1. The molecule has 2 aliphatic heterocycles. The molecular formula is C21H30N8O2S. The standard InChI is InChI=1S/C21H30N8O2S/c1-13-16(15-6-9-23-18(25-15)28-11-7-14(12-28)27(3)4)32-19(24-13)26-20(31)29-10-5-8-21(29,2)17(22)30/h6,9,14H,5,7-8,10-12H2,1-4H3,(H2,22,30)(H,24,26,31)/t14?,21-/m0/s1. The highest BCUT2D eigenvalue weighted by Gasteiger charge is 2.44. The Labute approximate surface area is 191 Å². The van der Waals surface area contributed by atoms with Gasteiger partial charge in [-0.25, -0.2) is 19.7 Å². The minimum atomic E-state index is -0.971. The maximum Gasteiger partial charge on any atom is 0.324 e. The Balaban J connectivity index is 1.51. The fourth-order valence-corrected chi connectivity index (χ4v) is 5.29. The lowest BCUT2D eigenvalue weighted by atomic mass is 9.98. The molecule has 2 aliphatic rings. The smallest absolute Gasteiger partial charge is 0.324 e. The first-order valence-electron chi connectivity index (χ1n) is 10.8. The SMILES string of the molecule is Cc1nc(NC(=O)N2CCC[C@@]2(C)C(N)=O)sc1-c1ccnc(N2CCC(N(C)C)C2)n1.